The monoisotopic (exact) mass is 199 g/mol. The summed E-state index contributed by atoms with van der Waals surface area (Å²) in [6, 6.07) is 8.29. The summed E-state index contributed by atoms with van der Waals surface area (Å²) < 4.78 is 0. The molecule has 1 aromatic carbocycles. The van der Waals surface area contributed by atoms with Crippen LogP contribution in [0, 0.1) is 12.3 Å². The van der Waals surface area contributed by atoms with Gasteiger partial charge < -0.3 is 5.73 Å². The van der Waals surface area contributed by atoms with E-state index in [9.17, 15) is 0 Å². The van der Waals surface area contributed by atoms with Gasteiger partial charge in [0, 0.05) is 5.56 Å². The highest BCUT2D eigenvalue weighted by Crippen LogP contribution is 2.47. The Balaban J connectivity index is 2.39. The van der Waals surface area contributed by atoms with Gasteiger partial charge in [-0.15, -0.1) is 6.42 Å². The van der Waals surface area contributed by atoms with Crippen molar-refractivity contribution in [3.8, 4) is 12.3 Å². The zero-order chi connectivity index (χ0) is 10.7. The second kappa shape index (κ2) is 4.08. The van der Waals surface area contributed by atoms with Crippen molar-refractivity contribution < 1.29 is 0 Å². The highest BCUT2D eigenvalue weighted by molar-refractivity contribution is 5.45. The van der Waals surface area contributed by atoms with Crippen molar-refractivity contribution in [2.45, 2.75) is 31.1 Å². The first-order valence-corrected chi connectivity index (χ1v) is 5.58. The summed E-state index contributed by atoms with van der Waals surface area (Å²) in [4.78, 5) is 0. The fraction of sp³-hybridized carbons (Fsp3) is 0.429. The van der Waals surface area contributed by atoms with Crippen LogP contribution in [0.1, 0.15) is 36.8 Å². The standard InChI is InChI=1S/C14H17N/c1-2-12-6-3-4-7-13(12)14(10-11-15)8-5-9-14/h1,3-4,6-7H,5,8-11,15H2. The molecular formula is C14H17N. The maximum Gasteiger partial charge on any atom is 0.0280 e. The Labute approximate surface area is 91.7 Å². The third kappa shape index (κ3) is 1.66. The van der Waals surface area contributed by atoms with Crippen LogP contribution >= 0.6 is 0 Å². The largest absolute Gasteiger partial charge is 0.330 e. The van der Waals surface area contributed by atoms with E-state index in [4.69, 9.17) is 12.2 Å². The Morgan fingerprint density at radius 3 is 2.60 bits per heavy atom. The number of terminal acetylenes is 1. The molecule has 0 atom stereocenters. The minimum absolute atomic E-state index is 0.289. The van der Waals surface area contributed by atoms with Crippen molar-refractivity contribution in [1.29, 1.82) is 0 Å². The second-order valence-electron chi connectivity index (χ2n) is 4.36. The van der Waals surface area contributed by atoms with Crippen molar-refractivity contribution >= 4 is 0 Å². The molecule has 15 heavy (non-hydrogen) atoms. The molecule has 0 spiro atoms. The van der Waals surface area contributed by atoms with Gasteiger partial charge in [0.15, 0.2) is 0 Å². The van der Waals surface area contributed by atoms with Crippen molar-refractivity contribution in [3.05, 3.63) is 35.4 Å². The number of hydrogen-bond acceptors (Lipinski definition) is 1. The van der Waals surface area contributed by atoms with E-state index in [1.807, 2.05) is 12.1 Å². The van der Waals surface area contributed by atoms with E-state index in [0.717, 1.165) is 18.5 Å². The molecule has 2 N–H and O–H groups in total. The zero-order valence-electron chi connectivity index (χ0n) is 9.00. The molecule has 0 aromatic heterocycles. The SMILES string of the molecule is C#Cc1ccccc1C1(CCN)CCC1. The number of benzene rings is 1. The Morgan fingerprint density at radius 1 is 1.33 bits per heavy atom. The highest BCUT2D eigenvalue weighted by atomic mass is 14.6. The third-order valence-electron chi connectivity index (χ3n) is 3.59. The predicted molar refractivity (Wildman–Crippen MR) is 63.6 cm³/mol. The van der Waals surface area contributed by atoms with Crippen LogP contribution in [-0.2, 0) is 5.41 Å². The quantitative estimate of drug-likeness (QED) is 0.743. The molecule has 0 unspecified atom stereocenters. The first-order chi connectivity index (χ1) is 7.32. The molecular weight excluding hydrogens is 182 g/mol. The van der Waals surface area contributed by atoms with Crippen LogP contribution in [0.25, 0.3) is 0 Å². The first kappa shape index (κ1) is 10.3. The lowest BCUT2D eigenvalue weighted by Gasteiger charge is -2.43. The summed E-state index contributed by atoms with van der Waals surface area (Å²) in [5, 5.41) is 0. The van der Waals surface area contributed by atoms with Crippen LogP contribution in [0.15, 0.2) is 24.3 Å². The molecule has 78 valence electrons. The van der Waals surface area contributed by atoms with E-state index in [0.29, 0.717) is 0 Å². The molecule has 1 aromatic rings. The lowest BCUT2D eigenvalue weighted by atomic mass is 9.61. The van der Waals surface area contributed by atoms with Gasteiger partial charge in [-0.25, -0.2) is 0 Å². The average Bonchev–Trinajstić information content (AvgIpc) is 2.23. The third-order valence-corrected chi connectivity index (χ3v) is 3.59. The Bertz CT molecular complexity index is 383. The molecule has 1 nitrogen and oxygen atoms in total. The zero-order valence-corrected chi connectivity index (χ0v) is 9.00. The van der Waals surface area contributed by atoms with E-state index in [1.165, 1.54) is 24.8 Å². The van der Waals surface area contributed by atoms with Gasteiger partial charge in [-0.1, -0.05) is 30.5 Å². The van der Waals surface area contributed by atoms with Crippen molar-refractivity contribution in [3.63, 3.8) is 0 Å². The molecule has 0 aliphatic heterocycles. The molecule has 1 heteroatoms. The van der Waals surface area contributed by atoms with Crippen molar-refractivity contribution in [2.75, 3.05) is 6.54 Å². The number of hydrogen-bond donors (Lipinski definition) is 1. The van der Waals surface area contributed by atoms with Crippen LogP contribution in [0.5, 0.6) is 0 Å². The Hall–Kier alpha value is -1.26. The Kier molecular flexibility index (Phi) is 2.79. The van der Waals surface area contributed by atoms with E-state index >= 15 is 0 Å². The van der Waals surface area contributed by atoms with Crippen molar-refractivity contribution in [2.24, 2.45) is 5.73 Å². The fourth-order valence-electron chi connectivity index (χ4n) is 2.61. The molecule has 1 fully saturated rings. The summed E-state index contributed by atoms with van der Waals surface area (Å²) in [6.07, 6.45) is 10.4. The summed E-state index contributed by atoms with van der Waals surface area (Å²) in [7, 11) is 0. The van der Waals surface area contributed by atoms with Crippen LogP contribution in [-0.4, -0.2) is 6.54 Å². The normalized spacial score (nSPS) is 17.9. The smallest absolute Gasteiger partial charge is 0.0280 e. The van der Waals surface area contributed by atoms with E-state index in [-0.39, 0.29) is 5.41 Å². The number of rotatable bonds is 3. The molecule has 0 saturated heterocycles. The molecule has 1 aliphatic rings. The van der Waals surface area contributed by atoms with Gasteiger partial charge in [0.2, 0.25) is 0 Å². The van der Waals surface area contributed by atoms with Gasteiger partial charge >= 0.3 is 0 Å². The summed E-state index contributed by atoms with van der Waals surface area (Å²) >= 11 is 0. The maximum atomic E-state index is 5.70. The molecule has 0 heterocycles. The predicted octanol–water partition coefficient (Wildman–Crippen LogP) is 2.44. The highest BCUT2D eigenvalue weighted by Gasteiger charge is 2.38. The van der Waals surface area contributed by atoms with Crippen LogP contribution < -0.4 is 5.73 Å². The molecule has 0 radical (unpaired) electrons. The van der Waals surface area contributed by atoms with Gasteiger partial charge in [-0.3, -0.25) is 0 Å². The van der Waals surface area contributed by atoms with Gasteiger partial charge in [0.1, 0.15) is 0 Å². The second-order valence-corrected chi connectivity index (χ2v) is 4.36. The van der Waals surface area contributed by atoms with Crippen LogP contribution in [0.2, 0.25) is 0 Å². The molecule has 1 aliphatic carbocycles. The number of nitrogens with two attached hydrogens (primary N) is 1. The lowest BCUT2D eigenvalue weighted by molar-refractivity contribution is 0.229. The lowest BCUT2D eigenvalue weighted by Crippen LogP contribution is -2.37. The minimum atomic E-state index is 0.289. The van der Waals surface area contributed by atoms with Crippen molar-refractivity contribution in [1.82, 2.24) is 0 Å². The summed E-state index contributed by atoms with van der Waals surface area (Å²) in [5.41, 5.74) is 8.37. The van der Waals surface area contributed by atoms with Gasteiger partial charge in [0.05, 0.1) is 0 Å². The Morgan fingerprint density at radius 2 is 2.07 bits per heavy atom. The van der Waals surface area contributed by atoms with Crippen LogP contribution in [0.3, 0.4) is 0 Å². The van der Waals surface area contributed by atoms with Gasteiger partial charge in [-0.2, -0.15) is 0 Å². The topological polar surface area (TPSA) is 26.0 Å². The van der Waals surface area contributed by atoms with E-state index in [2.05, 4.69) is 18.1 Å². The summed E-state index contributed by atoms with van der Waals surface area (Å²) in [5.74, 6) is 2.79. The first-order valence-electron chi connectivity index (χ1n) is 5.58. The van der Waals surface area contributed by atoms with Crippen LogP contribution in [0.4, 0.5) is 0 Å². The van der Waals surface area contributed by atoms with E-state index in [1.54, 1.807) is 0 Å². The molecule has 0 bridgehead atoms. The van der Waals surface area contributed by atoms with Gasteiger partial charge in [-0.05, 0) is 42.9 Å². The van der Waals surface area contributed by atoms with Gasteiger partial charge in [0.25, 0.3) is 0 Å². The minimum Gasteiger partial charge on any atom is -0.330 e. The molecule has 2 rings (SSSR count). The molecule has 0 amide bonds. The molecule has 1 saturated carbocycles. The summed E-state index contributed by atoms with van der Waals surface area (Å²) in [6.45, 7) is 0.749. The van der Waals surface area contributed by atoms with E-state index < -0.39 is 0 Å². The maximum absolute atomic E-state index is 5.70. The fourth-order valence-corrected chi connectivity index (χ4v) is 2.61. The average molecular weight is 199 g/mol.